The predicted molar refractivity (Wildman–Crippen MR) is 56.5 cm³/mol. The van der Waals surface area contributed by atoms with Gasteiger partial charge in [-0.3, -0.25) is 4.79 Å². The van der Waals surface area contributed by atoms with E-state index in [2.05, 4.69) is 5.32 Å². The molecule has 1 N–H and O–H groups in total. The van der Waals surface area contributed by atoms with Crippen LogP contribution < -0.4 is 5.32 Å². The molecule has 0 radical (unpaired) electrons. The van der Waals surface area contributed by atoms with Gasteiger partial charge in [0.05, 0.1) is 6.07 Å². The molecule has 0 heterocycles. The molecule has 0 aromatic rings. The van der Waals surface area contributed by atoms with Crippen molar-refractivity contribution in [2.75, 3.05) is 0 Å². The van der Waals surface area contributed by atoms with Crippen LogP contribution in [0.3, 0.4) is 0 Å². The van der Waals surface area contributed by atoms with Crippen LogP contribution in [0.2, 0.25) is 0 Å². The number of hydrogen-bond donors (Lipinski definition) is 1. The number of rotatable bonds is 6. The average molecular weight is 196 g/mol. The van der Waals surface area contributed by atoms with Gasteiger partial charge >= 0.3 is 0 Å². The number of carbonyl (C=O) groups is 1. The molecule has 0 fully saturated rings. The van der Waals surface area contributed by atoms with E-state index in [9.17, 15) is 4.79 Å². The Bertz CT molecular complexity index is 204. The lowest BCUT2D eigenvalue weighted by Gasteiger charge is -2.16. The van der Waals surface area contributed by atoms with E-state index in [1.807, 2.05) is 26.8 Å². The number of nitrogens with zero attached hydrogens (tertiary/aromatic N) is 1. The van der Waals surface area contributed by atoms with Crippen molar-refractivity contribution in [3.63, 3.8) is 0 Å². The SMILES string of the molecule is CCCC(C#N)C(=O)NC(CC)CC. The minimum atomic E-state index is -0.472. The summed E-state index contributed by atoms with van der Waals surface area (Å²) in [4.78, 5) is 11.6. The highest BCUT2D eigenvalue weighted by molar-refractivity contribution is 5.81. The molecule has 0 aliphatic heterocycles. The fourth-order valence-electron chi connectivity index (χ4n) is 1.34. The topological polar surface area (TPSA) is 52.9 Å². The summed E-state index contributed by atoms with van der Waals surface area (Å²) in [6.45, 7) is 6.06. The minimum Gasteiger partial charge on any atom is -0.352 e. The third kappa shape index (κ3) is 4.27. The van der Waals surface area contributed by atoms with Crippen LogP contribution in [0.4, 0.5) is 0 Å². The van der Waals surface area contributed by atoms with Crippen LogP contribution >= 0.6 is 0 Å². The van der Waals surface area contributed by atoms with E-state index in [-0.39, 0.29) is 11.9 Å². The third-order valence-corrected chi connectivity index (χ3v) is 2.38. The van der Waals surface area contributed by atoms with Gasteiger partial charge in [-0.25, -0.2) is 0 Å². The van der Waals surface area contributed by atoms with E-state index in [1.54, 1.807) is 0 Å². The fraction of sp³-hybridized carbons (Fsp3) is 0.818. The molecule has 1 atom stereocenters. The van der Waals surface area contributed by atoms with Gasteiger partial charge in [0.2, 0.25) is 5.91 Å². The summed E-state index contributed by atoms with van der Waals surface area (Å²) in [5.41, 5.74) is 0. The number of nitriles is 1. The maximum Gasteiger partial charge on any atom is 0.237 e. The molecule has 0 saturated carbocycles. The largest absolute Gasteiger partial charge is 0.352 e. The standard InChI is InChI=1S/C11H20N2O/c1-4-7-9(8-12)11(14)13-10(5-2)6-3/h9-10H,4-7H2,1-3H3,(H,13,14). The van der Waals surface area contributed by atoms with Crippen molar-refractivity contribution >= 4 is 5.91 Å². The van der Waals surface area contributed by atoms with E-state index in [0.29, 0.717) is 6.42 Å². The minimum absolute atomic E-state index is 0.108. The zero-order chi connectivity index (χ0) is 11.0. The van der Waals surface area contributed by atoms with Crippen molar-refractivity contribution in [3.05, 3.63) is 0 Å². The van der Waals surface area contributed by atoms with Gasteiger partial charge in [0.1, 0.15) is 5.92 Å². The molecule has 3 heteroatoms. The van der Waals surface area contributed by atoms with E-state index < -0.39 is 5.92 Å². The van der Waals surface area contributed by atoms with Gasteiger partial charge in [-0.05, 0) is 19.3 Å². The molecule has 0 saturated heterocycles. The normalized spacial score (nSPS) is 12.2. The summed E-state index contributed by atoms with van der Waals surface area (Å²) in [5.74, 6) is -0.580. The van der Waals surface area contributed by atoms with Crippen LogP contribution in [0.5, 0.6) is 0 Å². The van der Waals surface area contributed by atoms with Gasteiger partial charge in [0.25, 0.3) is 0 Å². The lowest BCUT2D eigenvalue weighted by atomic mass is 10.0. The van der Waals surface area contributed by atoms with Gasteiger partial charge in [0.15, 0.2) is 0 Å². The second-order valence-corrected chi connectivity index (χ2v) is 3.49. The summed E-state index contributed by atoms with van der Waals surface area (Å²) in [7, 11) is 0. The highest BCUT2D eigenvalue weighted by atomic mass is 16.1. The van der Waals surface area contributed by atoms with Gasteiger partial charge in [-0.15, -0.1) is 0 Å². The van der Waals surface area contributed by atoms with Gasteiger partial charge < -0.3 is 5.32 Å². The first-order valence-electron chi connectivity index (χ1n) is 5.39. The Hall–Kier alpha value is -1.04. The summed E-state index contributed by atoms with van der Waals surface area (Å²) < 4.78 is 0. The molecule has 80 valence electrons. The van der Waals surface area contributed by atoms with E-state index >= 15 is 0 Å². The Labute approximate surface area is 86.5 Å². The van der Waals surface area contributed by atoms with E-state index in [0.717, 1.165) is 19.3 Å². The summed E-state index contributed by atoms with van der Waals surface area (Å²) in [5, 5.41) is 11.7. The molecule has 1 amide bonds. The fourth-order valence-corrected chi connectivity index (χ4v) is 1.34. The van der Waals surface area contributed by atoms with Crippen LogP contribution in [0.25, 0.3) is 0 Å². The zero-order valence-electron chi connectivity index (χ0n) is 9.34. The van der Waals surface area contributed by atoms with Crippen molar-refractivity contribution in [2.24, 2.45) is 5.92 Å². The Morgan fingerprint density at radius 2 is 1.93 bits per heavy atom. The van der Waals surface area contributed by atoms with Crippen LogP contribution in [0, 0.1) is 17.2 Å². The molecule has 0 aliphatic carbocycles. The maximum absolute atomic E-state index is 11.6. The second kappa shape index (κ2) is 7.37. The Morgan fingerprint density at radius 3 is 2.29 bits per heavy atom. The van der Waals surface area contributed by atoms with Crippen molar-refractivity contribution in [1.29, 1.82) is 5.26 Å². The van der Waals surface area contributed by atoms with Gasteiger partial charge in [-0.1, -0.05) is 27.2 Å². The molecular weight excluding hydrogens is 176 g/mol. The first-order valence-corrected chi connectivity index (χ1v) is 5.39. The third-order valence-electron chi connectivity index (χ3n) is 2.38. The summed E-state index contributed by atoms with van der Waals surface area (Å²) in [6.07, 6.45) is 3.37. The number of hydrogen-bond acceptors (Lipinski definition) is 2. The Balaban J connectivity index is 4.10. The summed E-state index contributed by atoms with van der Waals surface area (Å²) >= 11 is 0. The highest BCUT2D eigenvalue weighted by Crippen LogP contribution is 2.06. The van der Waals surface area contributed by atoms with E-state index in [1.165, 1.54) is 0 Å². The second-order valence-electron chi connectivity index (χ2n) is 3.49. The quantitative estimate of drug-likeness (QED) is 0.708. The smallest absolute Gasteiger partial charge is 0.237 e. The van der Waals surface area contributed by atoms with Crippen molar-refractivity contribution in [3.8, 4) is 6.07 Å². The molecule has 0 rings (SSSR count). The molecule has 3 nitrogen and oxygen atoms in total. The lowest BCUT2D eigenvalue weighted by Crippen LogP contribution is -2.37. The zero-order valence-corrected chi connectivity index (χ0v) is 9.34. The molecule has 14 heavy (non-hydrogen) atoms. The van der Waals surface area contributed by atoms with Crippen LogP contribution in [0.15, 0.2) is 0 Å². The van der Waals surface area contributed by atoms with Crippen LogP contribution in [-0.2, 0) is 4.79 Å². The molecule has 1 unspecified atom stereocenters. The molecule has 0 aliphatic rings. The monoisotopic (exact) mass is 196 g/mol. The maximum atomic E-state index is 11.6. The Kier molecular flexibility index (Phi) is 6.82. The van der Waals surface area contributed by atoms with Crippen molar-refractivity contribution < 1.29 is 4.79 Å². The predicted octanol–water partition coefficient (Wildman–Crippen LogP) is 2.23. The number of carbonyl (C=O) groups excluding carboxylic acids is 1. The van der Waals surface area contributed by atoms with Crippen LogP contribution in [0.1, 0.15) is 46.5 Å². The summed E-state index contributed by atoms with van der Waals surface area (Å²) in [6, 6.07) is 2.26. The molecule has 0 aromatic carbocycles. The molecule has 0 aromatic heterocycles. The number of nitrogens with one attached hydrogen (secondary N) is 1. The lowest BCUT2D eigenvalue weighted by molar-refractivity contribution is -0.124. The van der Waals surface area contributed by atoms with Crippen molar-refractivity contribution in [1.82, 2.24) is 5.32 Å². The Morgan fingerprint density at radius 1 is 1.36 bits per heavy atom. The van der Waals surface area contributed by atoms with Gasteiger partial charge in [0, 0.05) is 6.04 Å². The van der Waals surface area contributed by atoms with Crippen LogP contribution in [-0.4, -0.2) is 11.9 Å². The van der Waals surface area contributed by atoms with Crippen molar-refractivity contribution in [2.45, 2.75) is 52.5 Å². The highest BCUT2D eigenvalue weighted by Gasteiger charge is 2.18. The average Bonchev–Trinajstić information content (AvgIpc) is 2.22. The molecule has 0 bridgehead atoms. The molecule has 0 spiro atoms. The number of amides is 1. The first-order chi connectivity index (χ1) is 6.69. The van der Waals surface area contributed by atoms with E-state index in [4.69, 9.17) is 5.26 Å². The first kappa shape index (κ1) is 13.0. The molecular formula is C11H20N2O. The van der Waals surface area contributed by atoms with Gasteiger partial charge in [-0.2, -0.15) is 5.26 Å².